The number of allylic oxidation sites excluding steroid dienone is 1. The third-order valence-electron chi connectivity index (χ3n) is 4.28. The number of benzene rings is 2. The van der Waals surface area contributed by atoms with Crippen molar-refractivity contribution in [2.45, 2.75) is 38.4 Å². The first-order valence-corrected chi connectivity index (χ1v) is 9.92. The number of hydrogen-bond acceptors (Lipinski definition) is 4. The molecule has 4 nitrogen and oxygen atoms in total. The Bertz CT molecular complexity index is 845. The summed E-state index contributed by atoms with van der Waals surface area (Å²) in [6.07, 6.45) is 5.36. The van der Waals surface area contributed by atoms with Gasteiger partial charge in [0.05, 0.1) is 19.0 Å². The highest BCUT2D eigenvalue weighted by Crippen LogP contribution is 2.31. The predicted octanol–water partition coefficient (Wildman–Crippen LogP) is 4.19. The van der Waals surface area contributed by atoms with E-state index < -0.39 is 10.1 Å². The van der Waals surface area contributed by atoms with Gasteiger partial charge in [0.15, 0.2) is 0 Å². The molecule has 0 saturated heterocycles. The van der Waals surface area contributed by atoms with Crippen molar-refractivity contribution in [3.05, 3.63) is 54.1 Å². The molecule has 0 amide bonds. The van der Waals surface area contributed by atoms with E-state index in [1.54, 1.807) is 0 Å². The molecule has 1 aliphatic carbocycles. The minimum absolute atomic E-state index is 0.0462. The summed E-state index contributed by atoms with van der Waals surface area (Å²) in [6, 6.07) is 11.7. The van der Waals surface area contributed by atoms with E-state index in [9.17, 15) is 8.42 Å². The van der Waals surface area contributed by atoms with Crippen LogP contribution < -0.4 is 4.74 Å². The fourth-order valence-corrected chi connectivity index (χ4v) is 3.32. The molecule has 0 aliphatic heterocycles. The zero-order valence-electron chi connectivity index (χ0n) is 13.8. The van der Waals surface area contributed by atoms with Gasteiger partial charge in [0, 0.05) is 5.39 Å². The first-order chi connectivity index (χ1) is 11.4. The Labute approximate surface area is 143 Å². The maximum absolute atomic E-state index is 11.1. The van der Waals surface area contributed by atoms with E-state index >= 15 is 0 Å². The summed E-state index contributed by atoms with van der Waals surface area (Å²) in [5.74, 6) is 0.876. The molecule has 2 aromatic rings. The quantitative estimate of drug-likeness (QED) is 0.601. The van der Waals surface area contributed by atoms with E-state index in [4.69, 9.17) is 8.92 Å². The summed E-state index contributed by atoms with van der Waals surface area (Å²) in [5.41, 5.74) is 2.13. The highest BCUT2D eigenvalue weighted by Gasteiger charge is 2.18. The van der Waals surface area contributed by atoms with Crippen LogP contribution in [0.25, 0.3) is 10.8 Å². The lowest BCUT2D eigenvalue weighted by Crippen LogP contribution is -2.20. The zero-order valence-corrected chi connectivity index (χ0v) is 14.6. The van der Waals surface area contributed by atoms with Crippen molar-refractivity contribution in [1.29, 1.82) is 0 Å². The van der Waals surface area contributed by atoms with Crippen molar-refractivity contribution in [3.8, 4) is 5.75 Å². The van der Waals surface area contributed by atoms with E-state index in [2.05, 4.69) is 6.58 Å². The average molecular weight is 346 g/mol. The first-order valence-electron chi connectivity index (χ1n) is 8.10. The van der Waals surface area contributed by atoms with Gasteiger partial charge in [-0.2, -0.15) is 8.42 Å². The standard InChI is InChI=1S/C19H22O4S/c1-14-6-9-17(10-7-14)23-19-5-3-4-16-12-15(8-11-18(16)19)13-22-24(2,20)21/h3-5,8,11-12,17H,1,6-7,9-10,13H2,2H3. The minimum Gasteiger partial charge on any atom is -0.490 e. The first kappa shape index (κ1) is 17.0. The number of hydrogen-bond donors (Lipinski definition) is 0. The molecule has 0 spiro atoms. The molecule has 0 bridgehead atoms. The second-order valence-corrected chi connectivity index (χ2v) is 7.99. The van der Waals surface area contributed by atoms with Crippen LogP contribution in [0.15, 0.2) is 48.6 Å². The summed E-state index contributed by atoms with van der Waals surface area (Å²) >= 11 is 0. The molecule has 1 fully saturated rings. The van der Waals surface area contributed by atoms with Gasteiger partial charge < -0.3 is 4.74 Å². The topological polar surface area (TPSA) is 52.6 Å². The van der Waals surface area contributed by atoms with Gasteiger partial charge in [-0.3, -0.25) is 4.18 Å². The van der Waals surface area contributed by atoms with Crippen LogP contribution in [-0.2, 0) is 20.9 Å². The molecule has 3 rings (SSSR count). The lowest BCUT2D eigenvalue weighted by Gasteiger charge is -2.25. The number of rotatable bonds is 5. The smallest absolute Gasteiger partial charge is 0.264 e. The maximum atomic E-state index is 11.1. The summed E-state index contributed by atoms with van der Waals surface area (Å²) < 4.78 is 33.3. The molecule has 128 valence electrons. The predicted molar refractivity (Wildman–Crippen MR) is 95.6 cm³/mol. The zero-order chi connectivity index (χ0) is 17.2. The van der Waals surface area contributed by atoms with E-state index in [1.807, 2.05) is 36.4 Å². The molecular weight excluding hydrogens is 324 g/mol. The molecule has 24 heavy (non-hydrogen) atoms. The summed E-state index contributed by atoms with van der Waals surface area (Å²) in [7, 11) is -3.44. The van der Waals surface area contributed by atoms with Gasteiger partial charge in [0.2, 0.25) is 0 Å². The SMILES string of the molecule is C=C1CCC(Oc2cccc3cc(COS(C)(=O)=O)ccc23)CC1. The van der Waals surface area contributed by atoms with Gasteiger partial charge in [-0.25, -0.2) is 0 Å². The van der Waals surface area contributed by atoms with Crippen LogP contribution in [0.1, 0.15) is 31.2 Å². The Morgan fingerprint density at radius 2 is 1.92 bits per heavy atom. The minimum atomic E-state index is -3.44. The Balaban J connectivity index is 1.78. The van der Waals surface area contributed by atoms with Crippen molar-refractivity contribution in [2.75, 3.05) is 6.26 Å². The Kier molecular flexibility index (Phi) is 4.92. The molecular formula is C19H22O4S. The van der Waals surface area contributed by atoms with Crippen molar-refractivity contribution in [3.63, 3.8) is 0 Å². The van der Waals surface area contributed by atoms with Gasteiger partial charge in [-0.1, -0.05) is 36.4 Å². The van der Waals surface area contributed by atoms with Crippen molar-refractivity contribution < 1.29 is 17.3 Å². The summed E-state index contributed by atoms with van der Waals surface area (Å²) in [5, 5.41) is 2.05. The molecule has 1 aliphatic rings. The van der Waals surface area contributed by atoms with Crippen LogP contribution >= 0.6 is 0 Å². The van der Waals surface area contributed by atoms with Crippen LogP contribution in [0.4, 0.5) is 0 Å². The third-order valence-corrected chi connectivity index (χ3v) is 4.82. The normalized spacial score (nSPS) is 16.5. The van der Waals surface area contributed by atoms with Crippen molar-refractivity contribution in [2.24, 2.45) is 0 Å². The fraction of sp³-hybridized carbons (Fsp3) is 0.368. The van der Waals surface area contributed by atoms with Crippen LogP contribution in [0, 0.1) is 0 Å². The molecule has 0 heterocycles. The molecule has 0 radical (unpaired) electrons. The van der Waals surface area contributed by atoms with Crippen LogP contribution in [-0.4, -0.2) is 20.8 Å². The van der Waals surface area contributed by atoms with E-state index in [-0.39, 0.29) is 12.7 Å². The molecule has 5 heteroatoms. The lowest BCUT2D eigenvalue weighted by atomic mass is 9.94. The van der Waals surface area contributed by atoms with Crippen LogP contribution in [0.5, 0.6) is 5.75 Å². The Morgan fingerprint density at radius 3 is 2.62 bits per heavy atom. The molecule has 0 aromatic heterocycles. The molecule has 1 saturated carbocycles. The van der Waals surface area contributed by atoms with Gasteiger partial charge in [0.25, 0.3) is 10.1 Å². The Morgan fingerprint density at radius 1 is 1.17 bits per heavy atom. The highest BCUT2D eigenvalue weighted by molar-refractivity contribution is 7.85. The van der Waals surface area contributed by atoms with Gasteiger partial charge in [0.1, 0.15) is 5.75 Å². The van der Waals surface area contributed by atoms with Gasteiger partial charge in [-0.15, -0.1) is 0 Å². The van der Waals surface area contributed by atoms with Crippen molar-refractivity contribution >= 4 is 20.9 Å². The molecule has 0 atom stereocenters. The van der Waals surface area contributed by atoms with Gasteiger partial charge in [-0.05, 0) is 48.8 Å². The third kappa shape index (κ3) is 4.36. The molecule has 2 aromatic carbocycles. The lowest BCUT2D eigenvalue weighted by molar-refractivity contribution is 0.171. The van der Waals surface area contributed by atoms with Gasteiger partial charge >= 0.3 is 0 Å². The monoisotopic (exact) mass is 346 g/mol. The van der Waals surface area contributed by atoms with Crippen LogP contribution in [0.3, 0.4) is 0 Å². The van der Waals surface area contributed by atoms with Crippen molar-refractivity contribution in [1.82, 2.24) is 0 Å². The number of fused-ring (bicyclic) bond motifs is 1. The van der Waals surface area contributed by atoms with E-state index in [0.29, 0.717) is 0 Å². The second-order valence-electron chi connectivity index (χ2n) is 6.35. The Hall–Kier alpha value is -1.85. The second kappa shape index (κ2) is 6.95. The maximum Gasteiger partial charge on any atom is 0.264 e. The van der Waals surface area contributed by atoms with E-state index in [1.165, 1.54) is 5.57 Å². The van der Waals surface area contributed by atoms with Crippen LogP contribution in [0.2, 0.25) is 0 Å². The summed E-state index contributed by atoms with van der Waals surface area (Å²) in [6.45, 7) is 4.09. The largest absolute Gasteiger partial charge is 0.490 e. The highest BCUT2D eigenvalue weighted by atomic mass is 32.2. The average Bonchev–Trinajstić information content (AvgIpc) is 2.54. The molecule has 0 N–H and O–H groups in total. The fourth-order valence-electron chi connectivity index (χ4n) is 2.97. The molecule has 0 unspecified atom stereocenters. The van der Waals surface area contributed by atoms with E-state index in [0.717, 1.165) is 54.0 Å². The number of ether oxygens (including phenoxy) is 1. The summed E-state index contributed by atoms with van der Waals surface area (Å²) in [4.78, 5) is 0.